The molecule has 0 aliphatic carbocycles. The zero-order valence-electron chi connectivity index (χ0n) is 13.1. The molecule has 0 bridgehead atoms. The summed E-state index contributed by atoms with van der Waals surface area (Å²) >= 11 is 0. The van der Waals surface area contributed by atoms with E-state index < -0.39 is 5.91 Å². The number of nitrogens with one attached hydrogen (secondary N) is 2. The fourth-order valence-corrected chi connectivity index (χ4v) is 2.71. The Morgan fingerprint density at radius 1 is 1.52 bits per heavy atom. The van der Waals surface area contributed by atoms with E-state index in [-0.39, 0.29) is 62.1 Å². The molecule has 1 aliphatic heterocycles. The van der Waals surface area contributed by atoms with Gasteiger partial charge in [-0.1, -0.05) is 5.69 Å². The van der Waals surface area contributed by atoms with E-state index in [4.69, 9.17) is 0 Å². The molecule has 0 saturated carbocycles. The molecule has 1 fully saturated rings. The van der Waals surface area contributed by atoms with Gasteiger partial charge < -0.3 is 27.5 Å². The third kappa shape index (κ3) is 6.19. The number of hydrogen-bond donors (Lipinski definition) is 3. The number of likely N-dealkylation sites (tertiary alicyclic amines) is 1. The van der Waals surface area contributed by atoms with Crippen molar-refractivity contribution in [2.45, 2.75) is 24.9 Å². The molecule has 0 aromatic heterocycles. The first-order valence-electron chi connectivity index (χ1n) is 7.22. The van der Waals surface area contributed by atoms with Crippen molar-refractivity contribution in [2.75, 3.05) is 25.5 Å². The quantitative estimate of drug-likeness (QED) is 0.459. The van der Waals surface area contributed by atoms with Crippen LogP contribution in [-0.2, 0) is 16.0 Å². The Labute approximate surface area is 160 Å². The zero-order chi connectivity index (χ0) is 16.1. The molecule has 7 heteroatoms. The molecule has 1 heterocycles. The molecule has 0 radical (unpaired) electrons. The monoisotopic (exact) mass is 541 g/mol. The molecule has 0 spiro atoms. The topological polar surface area (TPSA) is 81.7 Å². The van der Waals surface area contributed by atoms with Crippen molar-refractivity contribution in [1.29, 1.82) is 0 Å². The Kier molecular flexibility index (Phi) is 8.14. The minimum Gasteiger partial charge on any atom is -0.395 e. The third-order valence-corrected chi connectivity index (χ3v) is 3.77. The second kappa shape index (κ2) is 9.33. The molecule has 1 aromatic rings. The Morgan fingerprint density at radius 3 is 2.87 bits per heavy atom. The van der Waals surface area contributed by atoms with Gasteiger partial charge in [0.15, 0.2) is 0 Å². The summed E-state index contributed by atoms with van der Waals surface area (Å²) in [4.78, 5) is 25.1. The average Bonchev–Trinajstić information content (AvgIpc) is 2.78. The normalized spacial score (nSPS) is 20.6. The van der Waals surface area contributed by atoms with Crippen LogP contribution in [0.4, 0.5) is 5.69 Å². The van der Waals surface area contributed by atoms with Gasteiger partial charge in [-0.3, -0.25) is 9.69 Å². The number of carbonyl (C=O) groups excluding carboxylic acids is 2. The van der Waals surface area contributed by atoms with Crippen LogP contribution in [0.25, 0.3) is 0 Å². The van der Waals surface area contributed by atoms with Crippen LogP contribution in [0.5, 0.6) is 0 Å². The minimum absolute atomic E-state index is 0. The summed E-state index contributed by atoms with van der Waals surface area (Å²) in [6.45, 7) is 4.08. The van der Waals surface area contributed by atoms with E-state index in [0.29, 0.717) is 5.69 Å². The number of rotatable bonds is 5. The molecular formula is C16H21N3O3U. The van der Waals surface area contributed by atoms with Crippen molar-refractivity contribution in [3.8, 4) is 0 Å². The van der Waals surface area contributed by atoms with Crippen LogP contribution in [0, 0.1) is 44.1 Å². The molecule has 0 unspecified atom stereocenters. The first kappa shape index (κ1) is 20.0. The van der Waals surface area contributed by atoms with Gasteiger partial charge in [0.2, 0.25) is 5.91 Å². The fraction of sp³-hybridized carbons (Fsp3) is 0.438. The van der Waals surface area contributed by atoms with Crippen molar-refractivity contribution in [1.82, 2.24) is 10.2 Å². The van der Waals surface area contributed by atoms with Gasteiger partial charge in [0.1, 0.15) is 0 Å². The van der Waals surface area contributed by atoms with E-state index in [2.05, 4.69) is 23.6 Å². The van der Waals surface area contributed by atoms with Crippen LogP contribution in [-0.4, -0.2) is 54.1 Å². The molecule has 1 aliphatic rings. The van der Waals surface area contributed by atoms with Gasteiger partial charge in [-0.15, -0.1) is 11.6 Å². The Morgan fingerprint density at radius 2 is 2.26 bits per heavy atom. The smallest absolute Gasteiger partial charge is 0.395 e. The van der Waals surface area contributed by atoms with Crippen molar-refractivity contribution in [3.05, 3.63) is 36.8 Å². The minimum atomic E-state index is -0.415. The molecule has 1 aromatic carbocycles. The molecule has 122 valence electrons. The van der Waals surface area contributed by atoms with Crippen LogP contribution in [0.1, 0.15) is 12.0 Å². The van der Waals surface area contributed by atoms with E-state index in [0.717, 1.165) is 18.5 Å². The molecule has 2 rings (SSSR count). The summed E-state index contributed by atoms with van der Waals surface area (Å²) in [6, 6.07) is 8.20. The summed E-state index contributed by atoms with van der Waals surface area (Å²) in [6.07, 6.45) is 0.989. The van der Waals surface area contributed by atoms with Crippen molar-refractivity contribution in [2.24, 2.45) is 0 Å². The summed E-state index contributed by atoms with van der Waals surface area (Å²) in [5.74, 6) is -0.489. The summed E-state index contributed by atoms with van der Waals surface area (Å²) in [5.41, 5.74) is 1.30. The summed E-state index contributed by atoms with van der Waals surface area (Å²) in [5, 5.41) is 14.7. The third-order valence-electron chi connectivity index (χ3n) is 3.77. The summed E-state index contributed by atoms with van der Waals surface area (Å²) < 4.78 is 0. The first-order chi connectivity index (χ1) is 10.5. The Balaban J connectivity index is 0.00000264. The molecular weight excluding hydrogens is 520 g/mol. The van der Waals surface area contributed by atoms with Gasteiger partial charge in [-0.2, -0.15) is 18.2 Å². The maximum absolute atomic E-state index is 12.1. The maximum Gasteiger partial charge on any atom is 2.00 e. The van der Waals surface area contributed by atoms with E-state index in [1.807, 2.05) is 11.9 Å². The maximum atomic E-state index is 12.1. The standard InChI is InChI=1S/C16H21N3O3.U/c1-11(21)17-13-5-3-4-12(6-13)7-16(22)18-14-8-15(10-20)19(2)9-14;/h3-4,6,14-15,20H,1,7-10H2,2H3,(H,17,21)(H,18,22);/q-2;+2/t14-,15+;/m1./s1. The Hall–Kier alpha value is -0.998. The van der Waals surface area contributed by atoms with Gasteiger partial charge in [0.25, 0.3) is 0 Å². The van der Waals surface area contributed by atoms with Crippen molar-refractivity contribution >= 4 is 17.5 Å². The molecule has 2 amide bonds. The number of nitrogens with zero attached hydrogens (tertiary/aromatic N) is 1. The number of aliphatic hydroxyl groups excluding tert-OH is 1. The number of hydrogen-bond acceptors (Lipinski definition) is 4. The van der Waals surface area contributed by atoms with Gasteiger partial charge in [-0.25, -0.2) is 0 Å². The molecule has 1 saturated heterocycles. The number of anilines is 1. The van der Waals surface area contributed by atoms with Gasteiger partial charge in [0, 0.05) is 25.0 Å². The first-order valence-corrected chi connectivity index (χ1v) is 7.22. The Bertz CT molecular complexity index is 553. The summed E-state index contributed by atoms with van der Waals surface area (Å²) in [7, 11) is 1.94. The van der Waals surface area contributed by atoms with E-state index in [1.165, 1.54) is 0 Å². The number of aliphatic hydroxyl groups is 1. The molecule has 6 nitrogen and oxygen atoms in total. The predicted octanol–water partition coefficient (Wildman–Crippen LogP) is -0.0169. The van der Waals surface area contributed by atoms with E-state index in [1.54, 1.807) is 18.2 Å². The molecule has 2 atom stereocenters. The predicted molar refractivity (Wildman–Crippen MR) is 83.0 cm³/mol. The molecule has 23 heavy (non-hydrogen) atoms. The molecule has 3 N–H and O–H groups in total. The van der Waals surface area contributed by atoms with Crippen LogP contribution in [0.15, 0.2) is 18.2 Å². The van der Waals surface area contributed by atoms with Crippen molar-refractivity contribution < 1.29 is 45.8 Å². The SMILES string of the molecule is [CH2-]C(=O)Nc1[c-]ccc(CC(=O)N[C@@H]2C[C@@H](CO)N(C)C2)c1.[U+2]. The van der Waals surface area contributed by atoms with E-state index in [9.17, 15) is 14.7 Å². The van der Waals surface area contributed by atoms with Crippen LogP contribution >= 0.6 is 0 Å². The van der Waals surface area contributed by atoms with Crippen LogP contribution < -0.4 is 10.6 Å². The fourth-order valence-electron chi connectivity index (χ4n) is 2.71. The van der Waals surface area contributed by atoms with Gasteiger partial charge in [0.05, 0.1) is 12.5 Å². The van der Waals surface area contributed by atoms with Crippen LogP contribution in [0.3, 0.4) is 0 Å². The average molecular weight is 541 g/mol. The largest absolute Gasteiger partial charge is 2.00 e. The van der Waals surface area contributed by atoms with E-state index >= 15 is 0 Å². The van der Waals surface area contributed by atoms with Gasteiger partial charge >= 0.3 is 31.1 Å². The second-order valence-corrected chi connectivity index (χ2v) is 5.61. The second-order valence-electron chi connectivity index (χ2n) is 5.61. The number of amides is 2. The number of likely N-dealkylation sites (N-methyl/N-ethyl adjacent to an activating group) is 1. The number of carbonyl (C=O) groups is 2. The zero-order valence-corrected chi connectivity index (χ0v) is 17.3. The van der Waals surface area contributed by atoms with Gasteiger partial charge in [-0.05, 0) is 13.5 Å². The van der Waals surface area contributed by atoms with Crippen molar-refractivity contribution in [3.63, 3.8) is 0 Å². The van der Waals surface area contributed by atoms with Crippen LogP contribution in [0.2, 0.25) is 0 Å². The number of benzene rings is 1.